The second kappa shape index (κ2) is 4.04. The molecule has 1 aromatic rings. The molecule has 1 N–H and O–H groups in total. The number of rotatable bonds is 3. The number of carbonyl (C=O) groups is 2. The summed E-state index contributed by atoms with van der Waals surface area (Å²) >= 11 is 0. The molecule has 0 saturated carbocycles. The molecule has 0 aliphatic heterocycles. The van der Waals surface area contributed by atoms with Crippen LogP contribution in [0.25, 0.3) is 0 Å². The Hall–Kier alpha value is -1.98. The van der Waals surface area contributed by atoms with Gasteiger partial charge in [-0.1, -0.05) is 0 Å². The lowest BCUT2D eigenvalue weighted by Crippen LogP contribution is -2.07. The second-order valence-electron chi connectivity index (χ2n) is 2.60. The van der Waals surface area contributed by atoms with E-state index in [-0.39, 0.29) is 11.8 Å². The number of hydrogen-bond acceptors (Lipinski definition) is 3. The van der Waals surface area contributed by atoms with Crippen molar-refractivity contribution in [1.29, 1.82) is 0 Å². The first kappa shape index (κ1) is 11.1. The van der Waals surface area contributed by atoms with Gasteiger partial charge in [0, 0.05) is 0 Å². The van der Waals surface area contributed by atoms with Gasteiger partial charge in [0.1, 0.15) is 0 Å². The van der Waals surface area contributed by atoms with E-state index in [2.05, 4.69) is 4.74 Å². The molecule has 0 spiro atoms. The van der Waals surface area contributed by atoms with Gasteiger partial charge in [0.05, 0.1) is 18.2 Å². The van der Waals surface area contributed by atoms with Gasteiger partial charge < -0.3 is 9.84 Å². The van der Waals surface area contributed by atoms with Gasteiger partial charge >= 0.3 is 5.97 Å². The van der Waals surface area contributed by atoms with E-state index in [9.17, 15) is 18.4 Å². The normalized spacial score (nSPS) is 9.80. The van der Waals surface area contributed by atoms with Crippen LogP contribution in [0.2, 0.25) is 0 Å². The third-order valence-electron chi connectivity index (χ3n) is 1.75. The van der Waals surface area contributed by atoms with E-state index in [0.29, 0.717) is 6.07 Å². The molecule has 0 bridgehead atoms. The minimum atomic E-state index is -1.66. The fourth-order valence-corrected chi connectivity index (χ4v) is 1.08. The Bertz CT molecular complexity index is 429. The van der Waals surface area contributed by atoms with Gasteiger partial charge in [-0.2, -0.15) is 4.39 Å². The highest BCUT2D eigenvalue weighted by Crippen LogP contribution is 2.26. The number of hydrogen-bond donors (Lipinski definition) is 1. The summed E-state index contributed by atoms with van der Waals surface area (Å²) in [5.74, 6) is -5.30. The molecular formula is C9H6F2O4. The van der Waals surface area contributed by atoms with Crippen LogP contribution in [-0.4, -0.2) is 24.5 Å². The zero-order valence-electron chi connectivity index (χ0n) is 7.58. The number of carboxylic acid groups (broad SMARTS) is 1. The average molecular weight is 216 g/mol. The summed E-state index contributed by atoms with van der Waals surface area (Å²) in [6, 6.07) is 0.715. The maximum atomic E-state index is 13.1. The van der Waals surface area contributed by atoms with Crippen LogP contribution in [-0.2, 0) is 0 Å². The fraction of sp³-hybridized carbons (Fsp3) is 0.111. The first-order valence-corrected chi connectivity index (χ1v) is 3.77. The van der Waals surface area contributed by atoms with Crippen LogP contribution in [0.3, 0.4) is 0 Å². The number of halogens is 2. The van der Waals surface area contributed by atoms with Crippen LogP contribution in [0.15, 0.2) is 6.07 Å². The molecule has 0 radical (unpaired) electrons. The average Bonchev–Trinajstić information content (AvgIpc) is 2.21. The summed E-state index contributed by atoms with van der Waals surface area (Å²) in [7, 11) is 1.05. The van der Waals surface area contributed by atoms with Crippen LogP contribution < -0.4 is 4.74 Å². The lowest BCUT2D eigenvalue weighted by atomic mass is 10.1. The molecule has 1 rings (SSSR count). The van der Waals surface area contributed by atoms with Crippen molar-refractivity contribution in [2.24, 2.45) is 0 Å². The SMILES string of the molecule is COc1c(C=O)cc(C(=O)O)c(F)c1F. The number of benzene rings is 1. The molecule has 0 atom stereocenters. The van der Waals surface area contributed by atoms with Crippen LogP contribution in [0, 0.1) is 11.6 Å². The molecule has 0 amide bonds. The third-order valence-corrected chi connectivity index (χ3v) is 1.75. The molecule has 1 aromatic carbocycles. The first-order valence-electron chi connectivity index (χ1n) is 3.77. The number of aromatic carboxylic acids is 1. The summed E-state index contributed by atoms with van der Waals surface area (Å²) in [6.07, 6.45) is 0.188. The van der Waals surface area contributed by atoms with Crippen LogP contribution >= 0.6 is 0 Å². The van der Waals surface area contributed by atoms with Gasteiger partial charge in [-0.3, -0.25) is 4.79 Å². The number of carbonyl (C=O) groups excluding carboxylic acids is 1. The van der Waals surface area contributed by atoms with Crippen molar-refractivity contribution in [3.8, 4) is 5.75 Å². The lowest BCUT2D eigenvalue weighted by molar-refractivity contribution is 0.0690. The van der Waals surface area contributed by atoms with Crippen LogP contribution in [0.1, 0.15) is 20.7 Å². The van der Waals surface area contributed by atoms with Crippen molar-refractivity contribution in [1.82, 2.24) is 0 Å². The maximum absolute atomic E-state index is 13.1. The minimum Gasteiger partial charge on any atom is -0.493 e. The summed E-state index contributed by atoms with van der Waals surface area (Å²) in [4.78, 5) is 20.9. The molecule has 6 heteroatoms. The molecule has 80 valence electrons. The number of ether oxygens (including phenoxy) is 1. The Kier molecular flexibility index (Phi) is 2.99. The van der Waals surface area contributed by atoms with Gasteiger partial charge in [-0.25, -0.2) is 9.18 Å². The van der Waals surface area contributed by atoms with Crippen molar-refractivity contribution >= 4 is 12.3 Å². The standard InChI is InChI=1S/C9H6F2O4/c1-15-8-4(3-12)2-5(9(13)14)6(10)7(8)11/h2-3H,1H3,(H,13,14). The van der Waals surface area contributed by atoms with Crippen molar-refractivity contribution in [3.05, 3.63) is 28.8 Å². The molecule has 4 nitrogen and oxygen atoms in total. The van der Waals surface area contributed by atoms with Crippen LogP contribution in [0.4, 0.5) is 8.78 Å². The predicted octanol–water partition coefficient (Wildman–Crippen LogP) is 1.48. The van der Waals surface area contributed by atoms with E-state index < -0.39 is 28.9 Å². The zero-order valence-corrected chi connectivity index (χ0v) is 7.58. The van der Waals surface area contributed by atoms with Gasteiger partial charge in [0.15, 0.2) is 17.9 Å². The summed E-state index contributed by atoms with van der Waals surface area (Å²) in [5, 5.41) is 8.51. The monoisotopic (exact) mass is 216 g/mol. The highest BCUT2D eigenvalue weighted by atomic mass is 19.2. The van der Waals surface area contributed by atoms with Gasteiger partial charge in [0.25, 0.3) is 0 Å². The Morgan fingerprint density at radius 1 is 1.47 bits per heavy atom. The summed E-state index contributed by atoms with van der Waals surface area (Å²) < 4.78 is 30.7. The van der Waals surface area contributed by atoms with E-state index in [1.807, 2.05) is 0 Å². The Labute approximate surface area is 83.1 Å². The largest absolute Gasteiger partial charge is 0.493 e. The fourth-order valence-electron chi connectivity index (χ4n) is 1.08. The van der Waals surface area contributed by atoms with Crippen LogP contribution in [0.5, 0.6) is 5.75 Å². The lowest BCUT2D eigenvalue weighted by Gasteiger charge is -2.07. The van der Waals surface area contributed by atoms with Crippen molar-refractivity contribution in [3.63, 3.8) is 0 Å². The molecule has 0 fully saturated rings. The van der Waals surface area contributed by atoms with Gasteiger partial charge in [0.2, 0.25) is 5.82 Å². The highest BCUT2D eigenvalue weighted by Gasteiger charge is 2.22. The number of methoxy groups -OCH3 is 1. The Morgan fingerprint density at radius 2 is 2.07 bits per heavy atom. The predicted molar refractivity (Wildman–Crippen MR) is 45.3 cm³/mol. The molecule has 0 unspecified atom stereocenters. The molecule has 0 aromatic heterocycles. The van der Waals surface area contributed by atoms with Crippen molar-refractivity contribution in [2.45, 2.75) is 0 Å². The van der Waals surface area contributed by atoms with E-state index >= 15 is 0 Å². The summed E-state index contributed by atoms with van der Waals surface area (Å²) in [6.45, 7) is 0. The molecule has 0 heterocycles. The quantitative estimate of drug-likeness (QED) is 0.777. The highest BCUT2D eigenvalue weighted by molar-refractivity contribution is 5.91. The Balaban J connectivity index is 3.56. The van der Waals surface area contributed by atoms with Gasteiger partial charge in [-0.05, 0) is 6.07 Å². The number of aldehydes is 1. The first-order chi connectivity index (χ1) is 7.02. The van der Waals surface area contributed by atoms with E-state index in [1.54, 1.807) is 0 Å². The molecule has 0 aliphatic rings. The zero-order chi connectivity index (χ0) is 11.6. The van der Waals surface area contributed by atoms with Gasteiger partial charge in [-0.15, -0.1) is 0 Å². The summed E-state index contributed by atoms with van der Waals surface area (Å²) in [5.41, 5.74) is -1.26. The van der Waals surface area contributed by atoms with Crippen molar-refractivity contribution < 1.29 is 28.2 Å². The Morgan fingerprint density at radius 3 is 2.47 bits per heavy atom. The second-order valence-corrected chi connectivity index (χ2v) is 2.60. The van der Waals surface area contributed by atoms with E-state index in [0.717, 1.165) is 7.11 Å². The molecule has 0 saturated heterocycles. The smallest absolute Gasteiger partial charge is 0.338 e. The molecule has 0 aliphatic carbocycles. The topological polar surface area (TPSA) is 63.6 Å². The van der Waals surface area contributed by atoms with Crippen molar-refractivity contribution in [2.75, 3.05) is 7.11 Å². The maximum Gasteiger partial charge on any atom is 0.338 e. The van der Waals surface area contributed by atoms with E-state index in [4.69, 9.17) is 5.11 Å². The van der Waals surface area contributed by atoms with E-state index in [1.165, 1.54) is 0 Å². The number of carboxylic acids is 1. The minimum absolute atomic E-state index is 0.188. The molecular weight excluding hydrogens is 210 g/mol. The molecule has 15 heavy (non-hydrogen) atoms. The third kappa shape index (κ3) is 1.78.